The molecule has 0 spiro atoms. The highest BCUT2D eigenvalue weighted by Gasteiger charge is 2.28. The van der Waals surface area contributed by atoms with Crippen LogP contribution in [0.25, 0.3) is 0 Å². The van der Waals surface area contributed by atoms with Crippen LogP contribution < -0.4 is 10.1 Å². The normalized spacial score (nSPS) is 13.5. The molecule has 3 nitrogen and oxygen atoms in total. The quantitative estimate of drug-likeness (QED) is 0.828. The summed E-state index contributed by atoms with van der Waals surface area (Å²) < 4.78 is 23.7. The van der Waals surface area contributed by atoms with E-state index in [4.69, 9.17) is 9.47 Å². The maximum atomic E-state index is 12.7. The predicted molar refractivity (Wildman–Crippen MR) is 65.8 cm³/mol. The van der Waals surface area contributed by atoms with Crippen molar-refractivity contribution in [1.29, 1.82) is 0 Å². The topological polar surface area (TPSA) is 30.5 Å². The van der Waals surface area contributed by atoms with Crippen molar-refractivity contribution in [1.82, 2.24) is 5.32 Å². The lowest BCUT2D eigenvalue weighted by atomic mass is 9.99. The Balaban J connectivity index is 2.56. The zero-order chi connectivity index (χ0) is 12.9. The number of methoxy groups -OCH3 is 1. The van der Waals surface area contributed by atoms with E-state index >= 15 is 0 Å². The summed E-state index contributed by atoms with van der Waals surface area (Å²) in [6.07, 6.45) is 0. The highest BCUT2D eigenvalue weighted by molar-refractivity contribution is 5.22. The van der Waals surface area contributed by atoms with Crippen molar-refractivity contribution in [2.24, 2.45) is 0 Å². The van der Waals surface area contributed by atoms with Gasteiger partial charge in [0, 0.05) is 7.11 Å². The molecule has 0 aliphatic rings. The summed E-state index contributed by atoms with van der Waals surface area (Å²) in [6, 6.07) is 6.04. The van der Waals surface area contributed by atoms with Gasteiger partial charge in [0.2, 0.25) is 0 Å². The van der Waals surface area contributed by atoms with Gasteiger partial charge in [0.05, 0.1) is 11.6 Å². The molecule has 0 saturated carbocycles. The smallest absolute Gasteiger partial charge is 0.123 e. The van der Waals surface area contributed by atoms with Gasteiger partial charge in [0.25, 0.3) is 0 Å². The Morgan fingerprint density at radius 2 is 1.88 bits per heavy atom. The molecule has 0 radical (unpaired) electrons. The molecular weight excluding hydrogens is 221 g/mol. The summed E-state index contributed by atoms with van der Waals surface area (Å²) in [4.78, 5) is 0. The molecule has 0 bridgehead atoms. The van der Waals surface area contributed by atoms with E-state index in [9.17, 15) is 4.39 Å². The molecular formula is C13H20FNO2. The van der Waals surface area contributed by atoms with Gasteiger partial charge in [-0.2, -0.15) is 0 Å². The summed E-state index contributed by atoms with van der Waals surface area (Å²) in [7, 11) is 3.53. The van der Waals surface area contributed by atoms with E-state index in [0.29, 0.717) is 12.4 Å². The number of benzene rings is 1. The molecule has 0 saturated heterocycles. The Morgan fingerprint density at radius 3 is 2.35 bits per heavy atom. The molecule has 0 heterocycles. The molecule has 1 aromatic carbocycles. The van der Waals surface area contributed by atoms with Crippen molar-refractivity contribution in [2.75, 3.05) is 20.8 Å². The zero-order valence-electron chi connectivity index (χ0n) is 10.8. The number of nitrogens with one attached hydrogen (secondary N) is 1. The van der Waals surface area contributed by atoms with Crippen molar-refractivity contribution in [3.63, 3.8) is 0 Å². The van der Waals surface area contributed by atoms with Gasteiger partial charge in [-0.15, -0.1) is 0 Å². The van der Waals surface area contributed by atoms with Gasteiger partial charge in [0.15, 0.2) is 0 Å². The number of hydrogen-bond acceptors (Lipinski definition) is 3. The van der Waals surface area contributed by atoms with Gasteiger partial charge >= 0.3 is 0 Å². The van der Waals surface area contributed by atoms with Crippen LogP contribution in [-0.2, 0) is 4.74 Å². The first-order chi connectivity index (χ1) is 7.99. The highest BCUT2D eigenvalue weighted by Crippen LogP contribution is 2.16. The van der Waals surface area contributed by atoms with Crippen LogP contribution in [0.5, 0.6) is 5.75 Å². The molecule has 0 amide bonds. The fourth-order valence-electron chi connectivity index (χ4n) is 1.48. The molecule has 17 heavy (non-hydrogen) atoms. The molecule has 1 atom stereocenters. The van der Waals surface area contributed by atoms with Gasteiger partial charge in [0.1, 0.15) is 18.2 Å². The molecule has 0 aliphatic carbocycles. The summed E-state index contributed by atoms with van der Waals surface area (Å²) in [5.41, 5.74) is -0.325. The minimum absolute atomic E-state index is 0.0533. The fourth-order valence-corrected chi connectivity index (χ4v) is 1.48. The van der Waals surface area contributed by atoms with Crippen molar-refractivity contribution in [2.45, 2.75) is 25.5 Å². The summed E-state index contributed by atoms with van der Waals surface area (Å²) >= 11 is 0. The standard InChI is InChI=1S/C13H20FNO2/c1-13(2,16-4)12(15-3)9-17-11-7-5-10(14)6-8-11/h5-8,12,15H,9H2,1-4H3. The first-order valence-corrected chi connectivity index (χ1v) is 5.60. The maximum absolute atomic E-state index is 12.7. The summed E-state index contributed by atoms with van der Waals surface area (Å²) in [6.45, 7) is 4.44. The van der Waals surface area contributed by atoms with E-state index in [1.807, 2.05) is 20.9 Å². The second-order valence-electron chi connectivity index (χ2n) is 4.41. The first kappa shape index (κ1) is 13.9. The summed E-state index contributed by atoms with van der Waals surface area (Å²) in [5, 5.41) is 3.15. The van der Waals surface area contributed by atoms with Crippen molar-refractivity contribution >= 4 is 0 Å². The second-order valence-corrected chi connectivity index (χ2v) is 4.41. The largest absolute Gasteiger partial charge is 0.492 e. The van der Waals surface area contributed by atoms with Crippen molar-refractivity contribution < 1.29 is 13.9 Å². The van der Waals surface area contributed by atoms with Crippen LogP contribution in [0.3, 0.4) is 0 Å². The van der Waals surface area contributed by atoms with Gasteiger partial charge in [-0.3, -0.25) is 0 Å². The van der Waals surface area contributed by atoms with E-state index in [1.54, 1.807) is 19.2 Å². The third-order valence-corrected chi connectivity index (χ3v) is 2.94. The van der Waals surface area contributed by atoms with Crippen LogP contribution in [-0.4, -0.2) is 32.4 Å². The number of hydrogen-bond donors (Lipinski definition) is 1. The van der Waals surface area contributed by atoms with E-state index < -0.39 is 0 Å². The molecule has 0 fully saturated rings. The van der Waals surface area contributed by atoms with E-state index in [0.717, 1.165) is 0 Å². The number of ether oxygens (including phenoxy) is 2. The monoisotopic (exact) mass is 241 g/mol. The van der Waals surface area contributed by atoms with E-state index in [-0.39, 0.29) is 17.5 Å². The van der Waals surface area contributed by atoms with Crippen LogP contribution in [0.1, 0.15) is 13.8 Å². The average Bonchev–Trinajstić information content (AvgIpc) is 2.32. The molecule has 4 heteroatoms. The Morgan fingerprint density at radius 1 is 1.29 bits per heavy atom. The van der Waals surface area contributed by atoms with E-state index in [1.165, 1.54) is 12.1 Å². The lowest BCUT2D eigenvalue weighted by Gasteiger charge is -2.32. The van der Waals surface area contributed by atoms with Crippen LogP contribution >= 0.6 is 0 Å². The predicted octanol–water partition coefficient (Wildman–Crippen LogP) is 2.22. The molecule has 1 N–H and O–H groups in total. The van der Waals surface area contributed by atoms with Gasteiger partial charge in [-0.05, 0) is 45.2 Å². The minimum Gasteiger partial charge on any atom is -0.492 e. The Labute approximate surface area is 102 Å². The number of rotatable bonds is 6. The first-order valence-electron chi connectivity index (χ1n) is 5.60. The number of halogens is 1. The molecule has 1 unspecified atom stereocenters. The molecule has 96 valence electrons. The van der Waals surface area contributed by atoms with Crippen LogP contribution in [0.15, 0.2) is 24.3 Å². The fraction of sp³-hybridized carbons (Fsp3) is 0.538. The van der Waals surface area contributed by atoms with Crippen LogP contribution in [0.2, 0.25) is 0 Å². The van der Waals surface area contributed by atoms with Crippen molar-refractivity contribution in [3.8, 4) is 5.75 Å². The van der Waals surface area contributed by atoms with Crippen molar-refractivity contribution in [3.05, 3.63) is 30.1 Å². The van der Waals surface area contributed by atoms with Gasteiger partial charge in [-0.1, -0.05) is 0 Å². The molecule has 1 rings (SSSR count). The molecule has 0 aliphatic heterocycles. The minimum atomic E-state index is -0.325. The lowest BCUT2D eigenvalue weighted by Crippen LogP contribution is -2.50. The Kier molecular flexibility index (Phi) is 4.90. The highest BCUT2D eigenvalue weighted by atomic mass is 19.1. The van der Waals surface area contributed by atoms with Crippen LogP contribution in [0.4, 0.5) is 4.39 Å². The van der Waals surface area contributed by atoms with Gasteiger partial charge < -0.3 is 14.8 Å². The third-order valence-electron chi connectivity index (χ3n) is 2.94. The Bertz CT molecular complexity index is 338. The maximum Gasteiger partial charge on any atom is 0.123 e. The summed E-state index contributed by atoms with van der Waals surface area (Å²) in [5.74, 6) is 0.387. The van der Waals surface area contributed by atoms with Gasteiger partial charge in [-0.25, -0.2) is 4.39 Å². The molecule has 0 aromatic heterocycles. The average molecular weight is 241 g/mol. The zero-order valence-corrected chi connectivity index (χ0v) is 10.8. The van der Waals surface area contributed by atoms with Crippen LogP contribution in [0, 0.1) is 5.82 Å². The Hall–Kier alpha value is -1.13. The lowest BCUT2D eigenvalue weighted by molar-refractivity contribution is -0.0204. The third kappa shape index (κ3) is 3.98. The second kappa shape index (κ2) is 5.98. The number of likely N-dealkylation sites (N-methyl/N-ethyl adjacent to an activating group) is 1. The SMILES string of the molecule is CNC(COc1ccc(F)cc1)C(C)(C)OC. The van der Waals surface area contributed by atoms with E-state index in [2.05, 4.69) is 5.32 Å². The molecule has 1 aromatic rings.